The van der Waals surface area contributed by atoms with Crippen LogP contribution in [0.4, 0.5) is 5.69 Å². The molecule has 2 aliphatic rings. The third kappa shape index (κ3) is 3.65. The molecule has 4 rings (SSSR count). The highest BCUT2D eigenvalue weighted by Gasteiger charge is 2.35. The number of anilines is 1. The van der Waals surface area contributed by atoms with Crippen LogP contribution in [0.2, 0.25) is 0 Å². The van der Waals surface area contributed by atoms with Gasteiger partial charge in [-0.15, -0.1) is 0 Å². The van der Waals surface area contributed by atoms with Gasteiger partial charge in [-0.05, 0) is 36.6 Å². The monoisotopic (exact) mass is 364 g/mol. The fourth-order valence-corrected chi connectivity index (χ4v) is 4.31. The van der Waals surface area contributed by atoms with E-state index in [1.165, 1.54) is 18.5 Å². The molecule has 5 nitrogen and oxygen atoms in total. The largest absolute Gasteiger partial charge is 0.380 e. The Hall–Kier alpha value is -2.16. The molecule has 0 aliphatic carbocycles. The number of nitrogens with zero attached hydrogens (tertiary/aromatic N) is 3. The highest BCUT2D eigenvalue weighted by Crippen LogP contribution is 2.32. The van der Waals surface area contributed by atoms with Crippen molar-refractivity contribution in [1.29, 1.82) is 5.26 Å². The Labute approximate surface area is 161 Å². The van der Waals surface area contributed by atoms with Crippen LogP contribution in [-0.2, 0) is 4.74 Å². The van der Waals surface area contributed by atoms with Crippen LogP contribution in [0.3, 0.4) is 0 Å². The summed E-state index contributed by atoms with van der Waals surface area (Å²) in [6.07, 6.45) is 4.17. The van der Waals surface area contributed by atoms with Gasteiger partial charge < -0.3 is 15.0 Å². The summed E-state index contributed by atoms with van der Waals surface area (Å²) >= 11 is 0. The number of aromatic nitrogens is 1. The van der Waals surface area contributed by atoms with Crippen LogP contribution in [0.15, 0.2) is 30.5 Å². The summed E-state index contributed by atoms with van der Waals surface area (Å²) in [5, 5.41) is 14.3. The quantitative estimate of drug-likeness (QED) is 0.882. The Morgan fingerprint density at radius 1 is 1.33 bits per heavy atom. The highest BCUT2D eigenvalue weighted by atomic mass is 16.5. The Morgan fingerprint density at radius 2 is 2.19 bits per heavy atom. The zero-order valence-electron chi connectivity index (χ0n) is 16.2. The standard InChI is InChI=1S/C22H28N4O/c1-3-16-9-18(25-13-22(2)14-27-15-22)12-26(11-16)20-7-6-17(10-23)21-19(20)5-4-8-24-21/h4-8,16,18,25H,3,9,11-15H2,1-2H3/t16-,18+/m0/s1. The molecule has 1 aromatic carbocycles. The number of fused-ring (bicyclic) bond motifs is 1. The molecule has 0 spiro atoms. The van der Waals surface area contributed by atoms with Gasteiger partial charge in [-0.1, -0.05) is 20.3 Å². The third-order valence-corrected chi connectivity index (χ3v) is 6.04. The Bertz CT molecular complexity index is 855. The second-order valence-electron chi connectivity index (χ2n) is 8.44. The van der Waals surface area contributed by atoms with Crippen molar-refractivity contribution >= 4 is 16.6 Å². The van der Waals surface area contributed by atoms with E-state index in [2.05, 4.69) is 47.3 Å². The zero-order valence-corrected chi connectivity index (χ0v) is 16.2. The number of benzene rings is 1. The van der Waals surface area contributed by atoms with Gasteiger partial charge in [0.05, 0.1) is 24.3 Å². The molecular weight excluding hydrogens is 336 g/mol. The van der Waals surface area contributed by atoms with Crippen LogP contribution in [0.25, 0.3) is 10.9 Å². The van der Waals surface area contributed by atoms with Crippen LogP contribution in [0, 0.1) is 22.7 Å². The lowest BCUT2D eigenvalue weighted by molar-refractivity contribution is -0.100. The molecule has 142 valence electrons. The average molecular weight is 364 g/mol. The molecule has 2 saturated heterocycles. The van der Waals surface area contributed by atoms with Gasteiger partial charge in [-0.3, -0.25) is 4.98 Å². The number of nitrogens with one attached hydrogen (secondary N) is 1. The first kappa shape index (κ1) is 18.2. The fraction of sp³-hybridized carbons (Fsp3) is 0.545. The lowest BCUT2D eigenvalue weighted by Gasteiger charge is -2.43. The molecule has 2 aliphatic heterocycles. The lowest BCUT2D eigenvalue weighted by Crippen LogP contribution is -2.54. The second-order valence-corrected chi connectivity index (χ2v) is 8.44. The van der Waals surface area contributed by atoms with Gasteiger partial charge >= 0.3 is 0 Å². The van der Waals surface area contributed by atoms with Gasteiger partial charge in [0.15, 0.2) is 0 Å². The first-order chi connectivity index (χ1) is 13.1. The Morgan fingerprint density at radius 3 is 2.89 bits per heavy atom. The maximum Gasteiger partial charge on any atom is 0.101 e. The van der Waals surface area contributed by atoms with Crippen LogP contribution in [0.1, 0.15) is 32.3 Å². The van der Waals surface area contributed by atoms with E-state index in [1.807, 2.05) is 12.1 Å². The Kier molecular flexibility index (Phi) is 5.03. The SMILES string of the molecule is CC[C@H]1C[C@@H](NCC2(C)COC2)CN(c2ccc(C#N)c3ncccc23)C1. The molecule has 0 radical (unpaired) electrons. The average Bonchev–Trinajstić information content (AvgIpc) is 2.69. The van der Waals surface area contributed by atoms with Gasteiger partial charge in [-0.25, -0.2) is 0 Å². The molecule has 27 heavy (non-hydrogen) atoms. The van der Waals surface area contributed by atoms with E-state index in [4.69, 9.17) is 4.74 Å². The summed E-state index contributed by atoms with van der Waals surface area (Å²) in [6, 6.07) is 10.8. The van der Waals surface area contributed by atoms with Gasteiger partial charge in [-0.2, -0.15) is 5.26 Å². The molecule has 0 bridgehead atoms. The molecule has 0 unspecified atom stereocenters. The van der Waals surface area contributed by atoms with E-state index >= 15 is 0 Å². The minimum Gasteiger partial charge on any atom is -0.380 e. The molecule has 2 aromatic rings. The number of nitriles is 1. The van der Waals surface area contributed by atoms with Crippen molar-refractivity contribution in [3.05, 3.63) is 36.0 Å². The first-order valence-electron chi connectivity index (χ1n) is 9.96. The van der Waals surface area contributed by atoms with E-state index < -0.39 is 0 Å². The minimum atomic E-state index is 0.287. The van der Waals surface area contributed by atoms with Crippen LogP contribution in [0.5, 0.6) is 0 Å². The molecule has 0 amide bonds. The zero-order chi connectivity index (χ0) is 18.9. The third-order valence-electron chi connectivity index (χ3n) is 6.04. The molecule has 2 fully saturated rings. The maximum atomic E-state index is 9.41. The van der Waals surface area contributed by atoms with E-state index in [-0.39, 0.29) is 5.41 Å². The second kappa shape index (κ2) is 7.46. The topological polar surface area (TPSA) is 61.2 Å². The van der Waals surface area contributed by atoms with Crippen LogP contribution in [-0.4, -0.2) is 43.9 Å². The van der Waals surface area contributed by atoms with Crippen LogP contribution >= 0.6 is 0 Å². The molecule has 0 saturated carbocycles. The van der Waals surface area contributed by atoms with E-state index in [0.717, 1.165) is 43.8 Å². The summed E-state index contributed by atoms with van der Waals surface area (Å²) < 4.78 is 5.40. The van der Waals surface area contributed by atoms with Crippen molar-refractivity contribution in [2.45, 2.75) is 32.7 Å². The van der Waals surface area contributed by atoms with Crippen molar-refractivity contribution in [2.24, 2.45) is 11.3 Å². The van der Waals surface area contributed by atoms with Crippen molar-refractivity contribution in [3.63, 3.8) is 0 Å². The smallest absolute Gasteiger partial charge is 0.101 e. The number of hydrogen-bond donors (Lipinski definition) is 1. The van der Waals surface area contributed by atoms with Crippen molar-refractivity contribution < 1.29 is 4.74 Å². The first-order valence-corrected chi connectivity index (χ1v) is 9.96. The summed E-state index contributed by atoms with van der Waals surface area (Å²) in [4.78, 5) is 6.96. The molecule has 5 heteroatoms. The number of piperidine rings is 1. The summed E-state index contributed by atoms with van der Waals surface area (Å²) in [6.45, 7) is 9.36. The van der Waals surface area contributed by atoms with Gasteiger partial charge in [0.1, 0.15) is 6.07 Å². The molecule has 3 heterocycles. The summed E-state index contributed by atoms with van der Waals surface area (Å²) in [7, 11) is 0. The number of ether oxygens (including phenoxy) is 1. The normalized spacial score (nSPS) is 24.4. The fourth-order valence-electron chi connectivity index (χ4n) is 4.31. The minimum absolute atomic E-state index is 0.287. The van der Waals surface area contributed by atoms with Crippen molar-refractivity contribution in [2.75, 3.05) is 37.7 Å². The van der Waals surface area contributed by atoms with Gasteiger partial charge in [0.25, 0.3) is 0 Å². The predicted octanol–water partition coefficient (Wildman–Crippen LogP) is 3.34. The predicted molar refractivity (Wildman–Crippen MR) is 108 cm³/mol. The highest BCUT2D eigenvalue weighted by molar-refractivity contribution is 5.95. The number of rotatable bonds is 5. The lowest BCUT2D eigenvalue weighted by atomic mass is 9.86. The summed E-state index contributed by atoms with van der Waals surface area (Å²) in [5.74, 6) is 0.670. The molecule has 1 N–H and O–H groups in total. The summed E-state index contributed by atoms with van der Waals surface area (Å²) in [5.41, 5.74) is 2.93. The maximum absolute atomic E-state index is 9.41. The van der Waals surface area contributed by atoms with Crippen molar-refractivity contribution in [1.82, 2.24) is 10.3 Å². The number of hydrogen-bond acceptors (Lipinski definition) is 5. The van der Waals surface area contributed by atoms with Crippen LogP contribution < -0.4 is 10.2 Å². The number of pyridine rings is 1. The van der Waals surface area contributed by atoms with Crippen molar-refractivity contribution in [3.8, 4) is 6.07 Å². The molecular formula is C22H28N4O. The van der Waals surface area contributed by atoms with Gasteiger partial charge in [0.2, 0.25) is 0 Å². The Balaban J connectivity index is 1.58. The van der Waals surface area contributed by atoms with E-state index in [9.17, 15) is 5.26 Å². The molecule has 2 atom stereocenters. The van der Waals surface area contributed by atoms with Gasteiger partial charge in [0, 0.05) is 48.4 Å². The van der Waals surface area contributed by atoms with E-state index in [0.29, 0.717) is 17.5 Å². The van der Waals surface area contributed by atoms with E-state index in [1.54, 1.807) is 6.20 Å². The molecule has 1 aromatic heterocycles.